The van der Waals surface area contributed by atoms with Gasteiger partial charge >= 0.3 is 5.92 Å². The summed E-state index contributed by atoms with van der Waals surface area (Å²) in [6.07, 6.45) is 5.20. The van der Waals surface area contributed by atoms with Crippen molar-refractivity contribution >= 4 is 24.7 Å². The Hall–Kier alpha value is -4.02. The Balaban J connectivity index is 1.46. The number of carbonyl (C=O) groups excluding carboxylic acids is 1. The summed E-state index contributed by atoms with van der Waals surface area (Å²) < 4.78 is 53.4. The number of alkyl halides is 2. The van der Waals surface area contributed by atoms with E-state index in [0.717, 1.165) is 12.8 Å². The smallest absolute Gasteiger partial charge is 0.321 e. The lowest BCUT2D eigenvalue weighted by Crippen LogP contribution is -2.48. The predicted octanol–water partition coefficient (Wildman–Crippen LogP) is 4.76. The molecule has 2 aromatic carbocycles. The molecule has 1 aliphatic carbocycles. The van der Waals surface area contributed by atoms with Crippen molar-refractivity contribution in [1.29, 1.82) is 0 Å². The van der Waals surface area contributed by atoms with Crippen LogP contribution in [0.25, 0.3) is 10.9 Å². The van der Waals surface area contributed by atoms with Gasteiger partial charge in [-0.1, -0.05) is 0 Å². The highest BCUT2D eigenvalue weighted by Gasteiger charge is 2.35. The number of carbonyl (C=O) groups is 1. The van der Waals surface area contributed by atoms with E-state index in [4.69, 9.17) is 17.3 Å². The third-order valence-corrected chi connectivity index (χ3v) is 5.83. The highest BCUT2D eigenvalue weighted by molar-refractivity contribution is 6.14. The van der Waals surface area contributed by atoms with Crippen molar-refractivity contribution in [3.63, 3.8) is 0 Å². The molecule has 1 unspecified atom stereocenters. The van der Waals surface area contributed by atoms with Gasteiger partial charge in [0.2, 0.25) is 5.88 Å². The molecular weight excluding hydrogens is 484 g/mol. The molecule has 1 aliphatic rings. The molecule has 2 aromatic heterocycles. The van der Waals surface area contributed by atoms with Gasteiger partial charge in [0.15, 0.2) is 0 Å². The lowest BCUT2D eigenvalue weighted by Gasteiger charge is -2.28. The van der Waals surface area contributed by atoms with Gasteiger partial charge in [-0.25, -0.2) is 9.37 Å². The molecule has 1 amide bonds. The van der Waals surface area contributed by atoms with E-state index in [2.05, 4.69) is 15.4 Å². The number of amides is 1. The molecule has 1 N–H and O–H groups in total. The van der Waals surface area contributed by atoms with Crippen molar-refractivity contribution in [2.75, 3.05) is 0 Å². The van der Waals surface area contributed by atoms with Gasteiger partial charge in [-0.15, -0.1) is 0 Å². The first-order valence-electron chi connectivity index (χ1n) is 11.6. The fraction of sp³-hybridized carbons (Fsp3) is 0.269. The molecule has 11 heteroatoms. The third kappa shape index (κ3) is 5.71. The Labute approximate surface area is 212 Å². The van der Waals surface area contributed by atoms with Crippen LogP contribution in [0.5, 0.6) is 17.4 Å². The van der Waals surface area contributed by atoms with Gasteiger partial charge in [-0.2, -0.15) is 13.9 Å². The van der Waals surface area contributed by atoms with Gasteiger partial charge in [0.25, 0.3) is 5.91 Å². The van der Waals surface area contributed by atoms with Crippen molar-refractivity contribution < 1.29 is 27.4 Å². The first-order valence-corrected chi connectivity index (χ1v) is 11.6. The average molecular weight is 506 g/mol. The minimum atomic E-state index is -3.61. The molecule has 1 saturated carbocycles. The number of hydrogen-bond donors (Lipinski definition) is 1. The highest BCUT2D eigenvalue weighted by Crippen LogP contribution is 2.31. The van der Waals surface area contributed by atoms with E-state index in [0.29, 0.717) is 40.8 Å². The van der Waals surface area contributed by atoms with Crippen LogP contribution >= 0.6 is 0 Å². The van der Waals surface area contributed by atoms with Crippen LogP contribution < -0.4 is 14.8 Å². The number of aromatic nitrogens is 3. The summed E-state index contributed by atoms with van der Waals surface area (Å²) >= 11 is 0. The van der Waals surface area contributed by atoms with E-state index in [-0.39, 0.29) is 11.9 Å². The van der Waals surface area contributed by atoms with Crippen LogP contribution in [-0.4, -0.2) is 46.5 Å². The Kier molecular flexibility index (Phi) is 6.53. The SMILES string of the molecule is [B]C(NC(=O)C(C)(F)F)[C@@H](c1ccc(OC2CC2)nc1)n1ncc2cc(Oc3ccc(F)cc3)ccc21. The molecule has 1 fully saturated rings. The van der Waals surface area contributed by atoms with Crippen molar-refractivity contribution in [2.45, 2.75) is 43.8 Å². The highest BCUT2D eigenvalue weighted by atomic mass is 19.3. The maximum Gasteiger partial charge on any atom is 0.321 e. The zero-order chi connectivity index (χ0) is 26.2. The van der Waals surface area contributed by atoms with Crippen LogP contribution in [0.2, 0.25) is 0 Å². The number of nitrogens with one attached hydrogen (secondary N) is 1. The largest absolute Gasteiger partial charge is 0.474 e. The molecule has 5 rings (SSSR count). The van der Waals surface area contributed by atoms with Crippen LogP contribution in [0, 0.1) is 5.82 Å². The number of rotatable bonds is 9. The second-order valence-corrected chi connectivity index (χ2v) is 8.95. The van der Waals surface area contributed by atoms with E-state index in [1.54, 1.807) is 36.5 Å². The molecule has 4 aromatic rings. The standard InChI is InChI=1S/C26H22BF3N4O3/c1-26(29,30)25(35)33-24(27)23(15-2-11-22(31-13-15)37-19-7-8-19)34-21-10-9-20(12-16(21)14-32-34)36-18-5-3-17(28)4-6-18/h2-6,9-14,19,23-24H,7-8H2,1H3,(H,33,35)/t23-,24?/m1/s1. The molecule has 2 heterocycles. The zero-order valence-electron chi connectivity index (χ0n) is 19.8. The van der Waals surface area contributed by atoms with Crippen molar-refractivity contribution in [1.82, 2.24) is 20.1 Å². The van der Waals surface area contributed by atoms with Gasteiger partial charge in [-0.05, 0) is 66.9 Å². The number of ether oxygens (including phenoxy) is 2. The maximum absolute atomic E-state index is 13.6. The fourth-order valence-corrected chi connectivity index (χ4v) is 3.81. The quantitative estimate of drug-likeness (QED) is 0.332. The van der Waals surface area contributed by atoms with Crippen LogP contribution in [0.4, 0.5) is 13.2 Å². The summed E-state index contributed by atoms with van der Waals surface area (Å²) in [6, 6.07) is 13.3. The number of fused-ring (bicyclic) bond motifs is 1. The third-order valence-electron chi connectivity index (χ3n) is 5.83. The normalized spacial score (nSPS) is 15.2. The number of halogens is 3. The lowest BCUT2D eigenvalue weighted by atomic mass is 9.85. The van der Waals surface area contributed by atoms with E-state index < -0.39 is 23.8 Å². The Morgan fingerprint density at radius 2 is 1.84 bits per heavy atom. The summed E-state index contributed by atoms with van der Waals surface area (Å²) in [5.41, 5.74) is 1.15. The van der Waals surface area contributed by atoms with Gasteiger partial charge in [0.05, 0.1) is 17.8 Å². The molecule has 0 aliphatic heterocycles. The molecule has 2 radical (unpaired) electrons. The Bertz CT molecular complexity index is 1400. The molecular formula is C26H22BF3N4O3. The summed E-state index contributed by atoms with van der Waals surface area (Å²) in [5.74, 6) is -5.36. The van der Waals surface area contributed by atoms with Crippen LogP contribution in [0.1, 0.15) is 31.4 Å². The van der Waals surface area contributed by atoms with Crippen LogP contribution in [-0.2, 0) is 4.79 Å². The monoisotopic (exact) mass is 506 g/mol. The molecule has 2 atom stereocenters. The zero-order valence-corrected chi connectivity index (χ0v) is 19.8. The summed E-state index contributed by atoms with van der Waals surface area (Å²) in [7, 11) is 6.26. The number of benzene rings is 2. The van der Waals surface area contributed by atoms with Crippen molar-refractivity contribution in [3.05, 3.63) is 78.4 Å². The minimum absolute atomic E-state index is 0.156. The van der Waals surface area contributed by atoms with Gasteiger partial charge in [-0.3, -0.25) is 9.48 Å². The van der Waals surface area contributed by atoms with E-state index in [9.17, 15) is 18.0 Å². The van der Waals surface area contributed by atoms with Crippen molar-refractivity contribution in [3.8, 4) is 17.4 Å². The fourth-order valence-electron chi connectivity index (χ4n) is 3.81. The van der Waals surface area contributed by atoms with E-state index in [1.165, 1.54) is 35.1 Å². The maximum atomic E-state index is 13.6. The number of pyridine rings is 1. The predicted molar refractivity (Wildman–Crippen MR) is 131 cm³/mol. The number of nitrogens with zero attached hydrogens (tertiary/aromatic N) is 3. The van der Waals surface area contributed by atoms with Crippen molar-refractivity contribution in [2.24, 2.45) is 0 Å². The van der Waals surface area contributed by atoms with Gasteiger partial charge in [0, 0.05) is 30.5 Å². The summed E-state index contributed by atoms with van der Waals surface area (Å²) in [5, 5.41) is 7.30. The Morgan fingerprint density at radius 1 is 1.11 bits per heavy atom. The molecule has 0 bridgehead atoms. The summed E-state index contributed by atoms with van der Waals surface area (Å²) in [6.45, 7) is 0.502. The van der Waals surface area contributed by atoms with Gasteiger partial charge in [0.1, 0.15) is 31.3 Å². The van der Waals surface area contributed by atoms with Crippen LogP contribution in [0.15, 0.2) is 67.0 Å². The lowest BCUT2D eigenvalue weighted by molar-refractivity contribution is -0.143. The first kappa shape index (κ1) is 24.7. The molecule has 7 nitrogen and oxygen atoms in total. The molecule has 0 spiro atoms. The second kappa shape index (κ2) is 9.80. The second-order valence-electron chi connectivity index (χ2n) is 8.95. The number of hydrogen-bond acceptors (Lipinski definition) is 5. The topological polar surface area (TPSA) is 78.3 Å². The van der Waals surface area contributed by atoms with E-state index >= 15 is 0 Å². The minimum Gasteiger partial charge on any atom is -0.474 e. The Morgan fingerprint density at radius 3 is 2.49 bits per heavy atom. The molecule has 0 saturated heterocycles. The summed E-state index contributed by atoms with van der Waals surface area (Å²) in [4.78, 5) is 16.3. The van der Waals surface area contributed by atoms with Gasteiger partial charge < -0.3 is 14.8 Å². The average Bonchev–Trinajstić information content (AvgIpc) is 3.58. The molecule has 37 heavy (non-hydrogen) atoms. The molecule has 188 valence electrons. The van der Waals surface area contributed by atoms with E-state index in [1.807, 2.05) is 0 Å². The van der Waals surface area contributed by atoms with Crippen LogP contribution in [0.3, 0.4) is 0 Å². The first-order chi connectivity index (χ1) is 17.7.